The van der Waals surface area contributed by atoms with E-state index in [2.05, 4.69) is 34.2 Å². The smallest absolute Gasteiger partial charge is 0.410 e. The van der Waals surface area contributed by atoms with E-state index < -0.39 is 5.60 Å². The standard InChI is InChI=1S/C16H25BrN2O2/c1-15(2,3)21-14(20)19-9-7-16(18,8-10-19)12-5-4-6-13(17)11-12/h4,6,11-12H,5,7-10,18H2,1-3H3. The summed E-state index contributed by atoms with van der Waals surface area (Å²) in [5, 5.41) is 0. The molecule has 0 aromatic carbocycles. The Morgan fingerprint density at radius 2 is 2.05 bits per heavy atom. The molecule has 1 heterocycles. The van der Waals surface area contributed by atoms with Gasteiger partial charge < -0.3 is 15.4 Å². The fourth-order valence-electron chi connectivity index (χ4n) is 2.85. The number of allylic oxidation sites excluding steroid dienone is 3. The normalized spacial score (nSPS) is 25.5. The van der Waals surface area contributed by atoms with Crippen LogP contribution in [0.5, 0.6) is 0 Å². The first-order chi connectivity index (χ1) is 9.70. The lowest BCUT2D eigenvalue weighted by atomic mass is 9.74. The number of ether oxygens (including phenoxy) is 1. The highest BCUT2D eigenvalue weighted by Gasteiger charge is 2.39. The molecule has 118 valence electrons. The van der Waals surface area contributed by atoms with E-state index in [1.165, 1.54) is 0 Å². The minimum absolute atomic E-state index is 0.232. The van der Waals surface area contributed by atoms with Gasteiger partial charge in [0.25, 0.3) is 0 Å². The van der Waals surface area contributed by atoms with E-state index in [-0.39, 0.29) is 11.6 Å². The third kappa shape index (κ3) is 4.33. The zero-order valence-electron chi connectivity index (χ0n) is 13.1. The maximum Gasteiger partial charge on any atom is 0.410 e. The summed E-state index contributed by atoms with van der Waals surface area (Å²) in [6.45, 7) is 6.99. The number of hydrogen-bond donors (Lipinski definition) is 1. The molecule has 2 N–H and O–H groups in total. The highest BCUT2D eigenvalue weighted by Crippen LogP contribution is 2.35. The van der Waals surface area contributed by atoms with Gasteiger partial charge in [-0.05, 0) is 46.0 Å². The van der Waals surface area contributed by atoms with E-state index in [1.54, 1.807) is 4.90 Å². The third-order valence-electron chi connectivity index (χ3n) is 4.11. The molecule has 4 nitrogen and oxygen atoms in total. The number of halogens is 1. The van der Waals surface area contributed by atoms with E-state index in [9.17, 15) is 4.79 Å². The fraction of sp³-hybridized carbons (Fsp3) is 0.688. The summed E-state index contributed by atoms with van der Waals surface area (Å²) in [5.74, 6) is 0.331. The van der Waals surface area contributed by atoms with Crippen LogP contribution in [-0.4, -0.2) is 35.2 Å². The predicted octanol–water partition coefficient (Wildman–Crippen LogP) is 3.57. The van der Waals surface area contributed by atoms with Gasteiger partial charge in [-0.1, -0.05) is 34.2 Å². The Morgan fingerprint density at radius 1 is 1.43 bits per heavy atom. The summed E-state index contributed by atoms with van der Waals surface area (Å²) in [6, 6.07) is 0. The van der Waals surface area contributed by atoms with Gasteiger partial charge in [0.2, 0.25) is 0 Å². The van der Waals surface area contributed by atoms with Crippen molar-refractivity contribution in [2.45, 2.75) is 51.2 Å². The second kappa shape index (κ2) is 6.13. The van der Waals surface area contributed by atoms with Crippen molar-refractivity contribution < 1.29 is 9.53 Å². The lowest BCUT2D eigenvalue weighted by Gasteiger charge is -2.43. The second-order valence-electron chi connectivity index (χ2n) is 7.00. The van der Waals surface area contributed by atoms with Crippen molar-refractivity contribution in [1.82, 2.24) is 4.90 Å². The van der Waals surface area contributed by atoms with Gasteiger partial charge in [-0.15, -0.1) is 0 Å². The van der Waals surface area contributed by atoms with Gasteiger partial charge in [-0.25, -0.2) is 4.79 Å². The first-order valence-corrected chi connectivity index (χ1v) is 8.30. The predicted molar refractivity (Wildman–Crippen MR) is 88.2 cm³/mol. The van der Waals surface area contributed by atoms with Crippen LogP contribution in [0.4, 0.5) is 4.79 Å². The zero-order chi connectivity index (χ0) is 15.7. The number of amides is 1. The first-order valence-electron chi connectivity index (χ1n) is 7.50. The number of piperidine rings is 1. The molecule has 1 amide bonds. The second-order valence-corrected chi connectivity index (χ2v) is 7.91. The van der Waals surface area contributed by atoms with Crippen molar-refractivity contribution in [3.8, 4) is 0 Å². The summed E-state index contributed by atoms with van der Waals surface area (Å²) in [6.07, 6.45) is 8.77. The molecule has 2 aliphatic rings. The molecule has 0 spiro atoms. The molecule has 0 saturated carbocycles. The van der Waals surface area contributed by atoms with Crippen LogP contribution in [0.25, 0.3) is 0 Å². The minimum Gasteiger partial charge on any atom is -0.444 e. The third-order valence-corrected chi connectivity index (χ3v) is 4.64. The molecule has 1 aliphatic heterocycles. The molecule has 21 heavy (non-hydrogen) atoms. The van der Waals surface area contributed by atoms with Crippen LogP contribution < -0.4 is 5.73 Å². The van der Waals surface area contributed by atoms with E-state index in [0.29, 0.717) is 19.0 Å². The minimum atomic E-state index is -0.448. The molecular weight excluding hydrogens is 332 g/mol. The Kier molecular flexibility index (Phi) is 4.83. The number of carbonyl (C=O) groups is 1. The Hall–Kier alpha value is -0.810. The number of nitrogens with two attached hydrogens (primary N) is 1. The topological polar surface area (TPSA) is 55.6 Å². The van der Waals surface area contributed by atoms with E-state index in [4.69, 9.17) is 10.5 Å². The van der Waals surface area contributed by atoms with Crippen LogP contribution in [-0.2, 0) is 4.74 Å². The molecule has 1 aliphatic carbocycles. The Labute approximate surface area is 135 Å². The number of hydrogen-bond acceptors (Lipinski definition) is 3. The lowest BCUT2D eigenvalue weighted by molar-refractivity contribution is 0.0147. The molecule has 0 radical (unpaired) electrons. The molecule has 1 atom stereocenters. The first kappa shape index (κ1) is 16.6. The summed E-state index contributed by atoms with van der Waals surface area (Å²) < 4.78 is 6.52. The van der Waals surface area contributed by atoms with Crippen LogP contribution in [0.3, 0.4) is 0 Å². The zero-order valence-corrected chi connectivity index (χ0v) is 14.6. The summed E-state index contributed by atoms with van der Waals surface area (Å²) in [4.78, 5) is 13.9. The van der Waals surface area contributed by atoms with Gasteiger partial charge in [-0.3, -0.25) is 0 Å². The van der Waals surface area contributed by atoms with Crippen molar-refractivity contribution in [3.05, 3.63) is 22.7 Å². The van der Waals surface area contributed by atoms with Crippen molar-refractivity contribution >= 4 is 22.0 Å². The summed E-state index contributed by atoms with van der Waals surface area (Å²) in [5.41, 5.74) is 5.93. The van der Waals surface area contributed by atoms with Crippen LogP contribution in [0.15, 0.2) is 22.7 Å². The average molecular weight is 357 g/mol. The van der Waals surface area contributed by atoms with Crippen molar-refractivity contribution in [2.75, 3.05) is 13.1 Å². The number of likely N-dealkylation sites (tertiary alicyclic amines) is 1. The molecule has 0 bridgehead atoms. The molecule has 1 unspecified atom stereocenters. The Morgan fingerprint density at radius 3 is 2.57 bits per heavy atom. The molecule has 1 saturated heterocycles. The van der Waals surface area contributed by atoms with Crippen LogP contribution in [0, 0.1) is 5.92 Å². The quantitative estimate of drug-likeness (QED) is 0.781. The summed E-state index contributed by atoms with van der Waals surface area (Å²) >= 11 is 3.52. The van der Waals surface area contributed by atoms with Gasteiger partial charge in [0, 0.05) is 23.1 Å². The van der Waals surface area contributed by atoms with Crippen molar-refractivity contribution in [2.24, 2.45) is 11.7 Å². The maximum absolute atomic E-state index is 12.1. The van der Waals surface area contributed by atoms with Gasteiger partial charge in [-0.2, -0.15) is 0 Å². The van der Waals surface area contributed by atoms with Gasteiger partial charge in [0.05, 0.1) is 0 Å². The number of rotatable bonds is 1. The van der Waals surface area contributed by atoms with Gasteiger partial charge in [0.1, 0.15) is 5.60 Å². The van der Waals surface area contributed by atoms with E-state index >= 15 is 0 Å². The SMILES string of the molecule is CC(C)(C)OC(=O)N1CCC(N)(C2C=C(Br)C=CC2)CC1. The van der Waals surface area contributed by atoms with Crippen LogP contribution in [0.1, 0.15) is 40.0 Å². The number of nitrogens with zero attached hydrogens (tertiary/aromatic N) is 1. The molecule has 1 fully saturated rings. The highest BCUT2D eigenvalue weighted by atomic mass is 79.9. The van der Waals surface area contributed by atoms with E-state index in [1.807, 2.05) is 20.8 Å². The summed E-state index contributed by atoms with van der Waals surface area (Å²) in [7, 11) is 0. The van der Waals surface area contributed by atoms with Crippen molar-refractivity contribution in [1.29, 1.82) is 0 Å². The van der Waals surface area contributed by atoms with Crippen LogP contribution in [0.2, 0.25) is 0 Å². The fourth-order valence-corrected chi connectivity index (χ4v) is 3.35. The van der Waals surface area contributed by atoms with Gasteiger partial charge >= 0.3 is 6.09 Å². The Balaban J connectivity index is 1.93. The molecule has 0 aromatic rings. The van der Waals surface area contributed by atoms with E-state index in [0.717, 1.165) is 23.7 Å². The Bertz CT molecular complexity index is 457. The monoisotopic (exact) mass is 356 g/mol. The van der Waals surface area contributed by atoms with Crippen LogP contribution >= 0.6 is 15.9 Å². The van der Waals surface area contributed by atoms with Gasteiger partial charge in [0.15, 0.2) is 0 Å². The largest absolute Gasteiger partial charge is 0.444 e. The highest BCUT2D eigenvalue weighted by molar-refractivity contribution is 9.11. The molecular formula is C16H25BrN2O2. The lowest BCUT2D eigenvalue weighted by Crippen LogP contribution is -2.56. The average Bonchev–Trinajstić information content (AvgIpc) is 2.37. The maximum atomic E-state index is 12.1. The molecule has 0 aromatic heterocycles. The number of carbonyl (C=O) groups excluding carboxylic acids is 1. The van der Waals surface area contributed by atoms with Crippen molar-refractivity contribution in [3.63, 3.8) is 0 Å². The molecule has 5 heteroatoms. The molecule has 2 rings (SSSR count).